The van der Waals surface area contributed by atoms with Crippen molar-refractivity contribution in [3.8, 4) is 0 Å². The summed E-state index contributed by atoms with van der Waals surface area (Å²) in [5.41, 5.74) is 1.24. The second-order valence-corrected chi connectivity index (χ2v) is 23.9. The third-order valence-electron chi connectivity index (χ3n) is 7.75. The standard InChI is InChI=1S/C20H19O3.3C4H9.Sn/c1-14(2)23-19-17(15-10-6-4-7-11-15)18(21)20(19,22-3)16-12-8-5-9-13-16;3*1-3-4-2;/h4,6-14H,1-3H3;3*1,3-4H2,2H3;. The van der Waals surface area contributed by atoms with Crippen LogP contribution >= 0.6 is 0 Å². The van der Waals surface area contributed by atoms with Crippen molar-refractivity contribution in [2.45, 2.75) is 98.2 Å². The van der Waals surface area contributed by atoms with Gasteiger partial charge in [-0.25, -0.2) is 0 Å². The average molecular weight is 597 g/mol. The van der Waals surface area contributed by atoms with Gasteiger partial charge in [-0.15, -0.1) is 0 Å². The molecule has 0 aliphatic heterocycles. The van der Waals surface area contributed by atoms with Crippen LogP contribution in [0.3, 0.4) is 0 Å². The maximum atomic E-state index is 13.8. The number of ether oxygens (including phenoxy) is 2. The fourth-order valence-corrected chi connectivity index (χ4v) is 21.6. The summed E-state index contributed by atoms with van der Waals surface area (Å²) >= 11 is -2.54. The van der Waals surface area contributed by atoms with Crippen molar-refractivity contribution in [1.29, 1.82) is 0 Å². The van der Waals surface area contributed by atoms with E-state index in [1.165, 1.54) is 51.8 Å². The van der Waals surface area contributed by atoms with Crippen LogP contribution in [0.2, 0.25) is 13.3 Å². The molecule has 0 radical (unpaired) electrons. The maximum absolute atomic E-state index is 13.8. The molecule has 0 spiro atoms. The van der Waals surface area contributed by atoms with E-state index in [0.717, 1.165) is 11.1 Å². The van der Waals surface area contributed by atoms with E-state index in [0.29, 0.717) is 11.3 Å². The number of hydrogen-bond donors (Lipinski definition) is 0. The van der Waals surface area contributed by atoms with Gasteiger partial charge >= 0.3 is 224 Å². The van der Waals surface area contributed by atoms with Gasteiger partial charge in [0.25, 0.3) is 0 Å². The van der Waals surface area contributed by atoms with Gasteiger partial charge in [0.15, 0.2) is 0 Å². The molecule has 1 aliphatic rings. The van der Waals surface area contributed by atoms with Crippen LogP contribution in [0.4, 0.5) is 0 Å². The van der Waals surface area contributed by atoms with Crippen LogP contribution in [-0.2, 0) is 19.9 Å². The molecule has 0 aromatic heterocycles. The Balaban J connectivity index is 2.06. The minimum atomic E-state index is -2.54. The Hall–Kier alpha value is -1.59. The molecule has 2 aromatic rings. The van der Waals surface area contributed by atoms with Crippen LogP contribution < -0.4 is 3.58 Å². The van der Waals surface area contributed by atoms with Gasteiger partial charge in [0.1, 0.15) is 0 Å². The number of benzene rings is 2. The number of methoxy groups -OCH3 is 1. The van der Waals surface area contributed by atoms with Crippen molar-refractivity contribution in [2.24, 2.45) is 0 Å². The number of unbranched alkanes of at least 4 members (excludes halogenated alkanes) is 3. The molecular weight excluding hydrogens is 551 g/mol. The molecule has 0 amide bonds. The minimum absolute atomic E-state index is 0.0164. The molecule has 0 saturated heterocycles. The number of hydrogen-bond acceptors (Lipinski definition) is 3. The van der Waals surface area contributed by atoms with Crippen molar-refractivity contribution >= 4 is 33.3 Å². The molecule has 1 aliphatic carbocycles. The predicted molar refractivity (Wildman–Crippen MR) is 154 cm³/mol. The molecule has 0 bridgehead atoms. The molecule has 4 heteroatoms. The zero-order valence-electron chi connectivity index (χ0n) is 23.4. The van der Waals surface area contributed by atoms with Crippen molar-refractivity contribution in [3.63, 3.8) is 0 Å². The third kappa shape index (κ3) is 5.77. The first kappa shape index (κ1) is 29.0. The van der Waals surface area contributed by atoms with Crippen molar-refractivity contribution < 1.29 is 14.3 Å². The SMILES string of the molecule is CCC[CH2][Sn]([CH2]CCC)([CH2]CCC)[c]1ccc(C2(OC)C(=O)C(c3ccccc3)=C2OC(C)C)cc1. The second-order valence-electron chi connectivity index (χ2n) is 10.6. The Kier molecular flexibility index (Phi) is 10.7. The van der Waals surface area contributed by atoms with E-state index in [9.17, 15) is 4.79 Å². The summed E-state index contributed by atoms with van der Waals surface area (Å²) < 4.78 is 18.2. The molecule has 196 valence electrons. The molecule has 36 heavy (non-hydrogen) atoms. The summed E-state index contributed by atoms with van der Waals surface area (Å²) in [7, 11) is 1.63. The third-order valence-corrected chi connectivity index (χ3v) is 23.4. The Morgan fingerprint density at radius 3 is 1.78 bits per heavy atom. The van der Waals surface area contributed by atoms with E-state index in [2.05, 4.69) is 45.0 Å². The summed E-state index contributed by atoms with van der Waals surface area (Å²) in [6.07, 6.45) is 7.74. The zero-order valence-corrected chi connectivity index (χ0v) is 26.2. The van der Waals surface area contributed by atoms with Gasteiger partial charge < -0.3 is 0 Å². The summed E-state index contributed by atoms with van der Waals surface area (Å²) in [6.45, 7) is 10.9. The number of rotatable bonds is 15. The summed E-state index contributed by atoms with van der Waals surface area (Å²) in [5, 5.41) is 0. The number of carbonyl (C=O) groups is 1. The van der Waals surface area contributed by atoms with E-state index in [1.54, 1.807) is 10.7 Å². The molecule has 0 fully saturated rings. The van der Waals surface area contributed by atoms with Gasteiger partial charge in [-0.1, -0.05) is 0 Å². The Labute approximate surface area is 223 Å². The van der Waals surface area contributed by atoms with Crippen molar-refractivity contribution in [2.75, 3.05) is 7.11 Å². The molecule has 3 rings (SSSR count). The average Bonchev–Trinajstić information content (AvgIpc) is 2.90. The van der Waals surface area contributed by atoms with Gasteiger partial charge in [-0.2, -0.15) is 0 Å². The van der Waals surface area contributed by atoms with E-state index >= 15 is 0 Å². The van der Waals surface area contributed by atoms with Gasteiger partial charge in [0.05, 0.1) is 0 Å². The van der Waals surface area contributed by atoms with Crippen LogP contribution in [0.25, 0.3) is 5.57 Å². The van der Waals surface area contributed by atoms with Crippen LogP contribution in [0, 0.1) is 0 Å². The van der Waals surface area contributed by atoms with Crippen molar-refractivity contribution in [3.05, 3.63) is 71.5 Å². The van der Waals surface area contributed by atoms with E-state index in [1.807, 2.05) is 44.2 Å². The monoisotopic (exact) mass is 598 g/mol. The molecule has 0 saturated carbocycles. The normalized spacial score (nSPS) is 18.0. The Bertz CT molecular complexity index is 988. The van der Waals surface area contributed by atoms with Crippen LogP contribution in [0.15, 0.2) is 60.4 Å². The van der Waals surface area contributed by atoms with E-state index in [4.69, 9.17) is 9.47 Å². The van der Waals surface area contributed by atoms with Crippen molar-refractivity contribution in [1.82, 2.24) is 0 Å². The Morgan fingerprint density at radius 2 is 1.33 bits per heavy atom. The van der Waals surface area contributed by atoms with Gasteiger partial charge in [0, 0.05) is 0 Å². The molecular formula is C32H46O3Sn. The summed E-state index contributed by atoms with van der Waals surface area (Å²) in [5.74, 6) is 0.624. The fraction of sp³-hybridized carbons (Fsp3) is 0.531. The predicted octanol–water partition coefficient (Wildman–Crippen LogP) is 8.00. The summed E-state index contributed by atoms with van der Waals surface area (Å²) in [6, 6.07) is 18.9. The van der Waals surface area contributed by atoms with E-state index in [-0.39, 0.29) is 11.9 Å². The summed E-state index contributed by atoms with van der Waals surface area (Å²) in [4.78, 5) is 13.8. The van der Waals surface area contributed by atoms with Crippen LogP contribution in [-0.4, -0.2) is 37.4 Å². The first-order valence-corrected chi connectivity index (χ1v) is 21.6. The van der Waals surface area contributed by atoms with Crippen LogP contribution in [0.5, 0.6) is 0 Å². The van der Waals surface area contributed by atoms with Gasteiger partial charge in [-0.05, 0) is 0 Å². The molecule has 3 nitrogen and oxygen atoms in total. The molecule has 2 aromatic carbocycles. The fourth-order valence-electron chi connectivity index (χ4n) is 5.72. The molecule has 1 unspecified atom stereocenters. The molecule has 0 N–H and O–H groups in total. The van der Waals surface area contributed by atoms with Crippen LogP contribution in [0.1, 0.15) is 84.3 Å². The second kappa shape index (κ2) is 13.3. The first-order chi connectivity index (χ1) is 17.4. The van der Waals surface area contributed by atoms with Gasteiger partial charge in [-0.3, -0.25) is 0 Å². The van der Waals surface area contributed by atoms with Gasteiger partial charge in [0.2, 0.25) is 0 Å². The molecule has 1 atom stereocenters. The van der Waals surface area contributed by atoms with E-state index < -0.39 is 24.0 Å². The quantitative estimate of drug-likeness (QED) is 0.195. The Morgan fingerprint density at radius 1 is 0.806 bits per heavy atom. The zero-order chi connectivity index (χ0) is 26.2. The number of Topliss-reactive ketones (excluding diaryl/α,β-unsaturated/α-hetero) is 1. The topological polar surface area (TPSA) is 35.5 Å². The number of ketones is 1. The number of carbonyl (C=O) groups excluding carboxylic acids is 1. The molecule has 0 heterocycles. The first-order valence-electron chi connectivity index (χ1n) is 14.1.